The fourth-order valence-electron chi connectivity index (χ4n) is 5.91. The van der Waals surface area contributed by atoms with E-state index in [9.17, 15) is 14.4 Å². The molecule has 0 saturated carbocycles. The summed E-state index contributed by atoms with van der Waals surface area (Å²) in [5.74, 6) is -0.330. The number of rotatable bonds is 15. The molecule has 0 radical (unpaired) electrons. The lowest BCUT2D eigenvalue weighted by atomic mass is 9.98. The van der Waals surface area contributed by atoms with Crippen molar-refractivity contribution in [3.63, 3.8) is 0 Å². The van der Waals surface area contributed by atoms with Crippen LogP contribution in [0.15, 0.2) is 102 Å². The number of esters is 1. The van der Waals surface area contributed by atoms with Crippen molar-refractivity contribution in [3.8, 4) is 0 Å². The summed E-state index contributed by atoms with van der Waals surface area (Å²) in [5, 5.41) is 2.59. The Morgan fingerprint density at radius 3 is 2.02 bits per heavy atom. The molecular formula is C37H42N2O4S. The van der Waals surface area contributed by atoms with Crippen molar-refractivity contribution in [1.29, 1.82) is 0 Å². The van der Waals surface area contributed by atoms with Crippen molar-refractivity contribution in [2.45, 2.75) is 82.2 Å². The van der Waals surface area contributed by atoms with Crippen LogP contribution in [0.4, 0.5) is 0 Å². The van der Waals surface area contributed by atoms with E-state index < -0.39 is 18.1 Å². The maximum Gasteiger partial charge on any atom is 0.356 e. The highest BCUT2D eigenvalue weighted by molar-refractivity contribution is 8.00. The fourth-order valence-corrected chi connectivity index (χ4v) is 7.30. The molecule has 0 bridgehead atoms. The molecule has 7 heteroatoms. The van der Waals surface area contributed by atoms with Gasteiger partial charge in [-0.3, -0.25) is 14.5 Å². The van der Waals surface area contributed by atoms with Gasteiger partial charge in [-0.25, -0.2) is 4.79 Å². The Morgan fingerprint density at radius 2 is 1.41 bits per heavy atom. The van der Waals surface area contributed by atoms with Crippen LogP contribution in [-0.2, 0) is 25.5 Å². The lowest BCUT2D eigenvalue weighted by Crippen LogP contribution is -2.70. The average Bonchev–Trinajstić information content (AvgIpc) is 3.06. The predicted octanol–water partition coefficient (Wildman–Crippen LogP) is 7.36. The van der Waals surface area contributed by atoms with Gasteiger partial charge in [0.2, 0.25) is 5.91 Å². The zero-order chi connectivity index (χ0) is 30.7. The van der Waals surface area contributed by atoms with Gasteiger partial charge in [0.05, 0.1) is 6.42 Å². The Hall–Kier alpha value is -3.84. The number of carbonyl (C=O) groups excluding carboxylic acids is 3. The summed E-state index contributed by atoms with van der Waals surface area (Å²) in [6, 6.07) is 28.2. The SMILES string of the molecule is CCCCCCCCCC1=C(C(=O)OC(c2ccccc2)c2ccccc2)N2C(=O)C(NC(=O)Cc3ccccc3)C2SC1. The van der Waals surface area contributed by atoms with Gasteiger partial charge in [0.15, 0.2) is 6.10 Å². The largest absolute Gasteiger partial charge is 0.448 e. The van der Waals surface area contributed by atoms with Crippen molar-refractivity contribution in [1.82, 2.24) is 10.2 Å². The molecule has 1 saturated heterocycles. The van der Waals surface area contributed by atoms with Crippen LogP contribution >= 0.6 is 11.8 Å². The number of amides is 2. The lowest BCUT2D eigenvalue weighted by Gasteiger charge is -2.50. The van der Waals surface area contributed by atoms with Gasteiger partial charge in [0.25, 0.3) is 5.91 Å². The van der Waals surface area contributed by atoms with E-state index in [1.165, 1.54) is 32.1 Å². The van der Waals surface area contributed by atoms with Crippen LogP contribution in [0.5, 0.6) is 0 Å². The van der Waals surface area contributed by atoms with Gasteiger partial charge in [-0.1, -0.05) is 136 Å². The quantitative estimate of drug-likeness (QED) is 0.111. The Bertz CT molecular complexity index is 1390. The Labute approximate surface area is 265 Å². The molecule has 0 aromatic heterocycles. The summed E-state index contributed by atoms with van der Waals surface area (Å²) in [6.07, 6.45) is 8.53. The molecule has 3 aromatic carbocycles. The number of benzene rings is 3. The van der Waals surface area contributed by atoms with Gasteiger partial charge in [0, 0.05) is 5.75 Å². The van der Waals surface area contributed by atoms with Crippen LogP contribution in [0, 0.1) is 0 Å². The highest BCUT2D eigenvalue weighted by atomic mass is 32.2. The first-order valence-corrected chi connectivity index (χ1v) is 16.9. The van der Waals surface area contributed by atoms with E-state index in [2.05, 4.69) is 12.2 Å². The second kappa shape index (κ2) is 15.8. The van der Waals surface area contributed by atoms with E-state index in [0.29, 0.717) is 11.4 Å². The van der Waals surface area contributed by atoms with E-state index in [0.717, 1.165) is 41.5 Å². The molecule has 230 valence electrons. The summed E-state index contributed by atoms with van der Waals surface area (Å²) in [6.45, 7) is 2.22. The van der Waals surface area contributed by atoms with E-state index in [1.807, 2.05) is 91.0 Å². The van der Waals surface area contributed by atoms with Gasteiger partial charge in [-0.05, 0) is 35.1 Å². The number of ether oxygens (including phenoxy) is 1. The number of β-lactam (4-membered cyclic amide) rings is 1. The number of hydrogen-bond acceptors (Lipinski definition) is 5. The summed E-state index contributed by atoms with van der Waals surface area (Å²) in [5.41, 5.74) is 3.93. The number of carbonyl (C=O) groups is 3. The minimum Gasteiger partial charge on any atom is -0.448 e. The van der Waals surface area contributed by atoms with Gasteiger partial charge < -0.3 is 10.1 Å². The predicted molar refractivity (Wildman–Crippen MR) is 176 cm³/mol. The molecule has 2 aliphatic rings. The Morgan fingerprint density at radius 1 is 0.841 bits per heavy atom. The summed E-state index contributed by atoms with van der Waals surface area (Å²) in [4.78, 5) is 42.1. The van der Waals surface area contributed by atoms with Crippen LogP contribution < -0.4 is 5.32 Å². The highest BCUT2D eigenvalue weighted by Crippen LogP contribution is 2.43. The normalized spacial score (nSPS) is 17.7. The van der Waals surface area contributed by atoms with E-state index in [1.54, 1.807) is 16.7 Å². The average molecular weight is 611 g/mol. The smallest absolute Gasteiger partial charge is 0.356 e. The molecule has 2 unspecified atom stereocenters. The van der Waals surface area contributed by atoms with Crippen LogP contribution in [0.25, 0.3) is 0 Å². The summed E-state index contributed by atoms with van der Waals surface area (Å²) in [7, 11) is 0. The highest BCUT2D eigenvalue weighted by Gasteiger charge is 2.54. The molecule has 6 nitrogen and oxygen atoms in total. The first-order chi connectivity index (χ1) is 21.6. The van der Waals surface area contributed by atoms with Gasteiger partial charge in [-0.15, -0.1) is 11.8 Å². The molecule has 0 aliphatic carbocycles. The molecule has 44 heavy (non-hydrogen) atoms. The number of thioether (sulfide) groups is 1. The van der Waals surface area contributed by atoms with E-state index in [-0.39, 0.29) is 23.6 Å². The molecule has 3 aromatic rings. The third kappa shape index (κ3) is 7.81. The van der Waals surface area contributed by atoms with Crippen LogP contribution in [0.2, 0.25) is 0 Å². The van der Waals surface area contributed by atoms with Crippen molar-refractivity contribution in [2.75, 3.05) is 5.75 Å². The van der Waals surface area contributed by atoms with E-state index >= 15 is 0 Å². The Balaban J connectivity index is 1.34. The zero-order valence-corrected chi connectivity index (χ0v) is 26.3. The Kier molecular flexibility index (Phi) is 11.3. The van der Waals surface area contributed by atoms with Crippen molar-refractivity contribution >= 4 is 29.5 Å². The molecule has 1 N–H and O–H groups in total. The van der Waals surface area contributed by atoms with Crippen molar-refractivity contribution < 1.29 is 19.1 Å². The number of nitrogens with zero attached hydrogens (tertiary/aromatic N) is 1. The molecule has 0 spiro atoms. The first-order valence-electron chi connectivity index (χ1n) is 15.9. The molecule has 2 amide bonds. The van der Waals surface area contributed by atoms with Crippen molar-refractivity contribution in [2.24, 2.45) is 0 Å². The van der Waals surface area contributed by atoms with Crippen molar-refractivity contribution in [3.05, 3.63) is 119 Å². The molecular weight excluding hydrogens is 568 g/mol. The monoisotopic (exact) mass is 610 g/mol. The third-order valence-corrected chi connectivity index (χ3v) is 9.62. The zero-order valence-electron chi connectivity index (χ0n) is 25.5. The summed E-state index contributed by atoms with van der Waals surface area (Å²) < 4.78 is 6.27. The van der Waals surface area contributed by atoms with Crippen LogP contribution in [-0.4, -0.2) is 39.9 Å². The fraction of sp³-hybridized carbons (Fsp3) is 0.378. The minimum atomic E-state index is -0.668. The van der Waals surface area contributed by atoms with Crippen LogP contribution in [0.1, 0.15) is 81.1 Å². The maximum absolute atomic E-state index is 14.1. The van der Waals surface area contributed by atoms with Gasteiger partial charge in [-0.2, -0.15) is 0 Å². The molecule has 2 aliphatic heterocycles. The maximum atomic E-state index is 14.1. The minimum absolute atomic E-state index is 0.200. The number of unbranched alkanes of at least 4 members (excludes halogenated alkanes) is 6. The molecule has 5 rings (SSSR count). The van der Waals surface area contributed by atoms with Gasteiger partial charge in [0.1, 0.15) is 17.1 Å². The van der Waals surface area contributed by atoms with E-state index in [4.69, 9.17) is 4.74 Å². The lowest BCUT2D eigenvalue weighted by molar-refractivity contribution is -0.154. The first kappa shape index (κ1) is 31.6. The van der Waals surface area contributed by atoms with Gasteiger partial charge >= 0.3 is 5.97 Å². The number of nitrogens with one attached hydrogen (secondary N) is 1. The topological polar surface area (TPSA) is 75.7 Å². The molecule has 2 atom stereocenters. The van der Waals surface area contributed by atoms with Crippen LogP contribution in [0.3, 0.4) is 0 Å². The standard InChI is InChI=1S/C37H42N2O4S/c1-2-3-4-5-6-7-13-24-30-26-44-36-32(38-31(40)25-27-18-11-8-12-19-27)35(41)39(36)33(30)37(42)43-34(28-20-14-9-15-21-28)29-22-16-10-17-23-29/h8-12,14-23,32,34,36H,2-7,13,24-26H2,1H3,(H,38,40). The second-order valence-electron chi connectivity index (χ2n) is 11.5. The molecule has 1 fully saturated rings. The second-order valence-corrected chi connectivity index (χ2v) is 12.7. The third-order valence-electron chi connectivity index (χ3n) is 8.28. The summed E-state index contributed by atoms with van der Waals surface area (Å²) >= 11 is 1.61. The number of hydrogen-bond donors (Lipinski definition) is 1. The number of fused-ring (bicyclic) bond motifs is 1. The molecule has 2 heterocycles.